The molecule has 138 valence electrons. The van der Waals surface area contributed by atoms with Gasteiger partial charge in [0.05, 0.1) is 12.7 Å². The third-order valence-corrected chi connectivity index (χ3v) is 4.40. The number of anilines is 2. The van der Waals surface area contributed by atoms with Gasteiger partial charge in [0.25, 0.3) is 5.91 Å². The molecule has 1 aromatic heterocycles. The smallest absolute Gasteiger partial charge is 0.258 e. The zero-order valence-corrected chi connectivity index (χ0v) is 15.6. The van der Waals surface area contributed by atoms with Crippen molar-refractivity contribution in [2.45, 2.75) is 20.4 Å². The summed E-state index contributed by atoms with van der Waals surface area (Å²) < 4.78 is 5.33. The third kappa shape index (κ3) is 4.41. The van der Waals surface area contributed by atoms with Crippen LogP contribution < -0.4 is 15.4 Å². The second-order valence-electron chi connectivity index (χ2n) is 6.16. The summed E-state index contributed by atoms with van der Waals surface area (Å²) in [6, 6.07) is 13.5. The minimum absolute atomic E-state index is 0.236. The van der Waals surface area contributed by atoms with Crippen molar-refractivity contribution < 1.29 is 9.53 Å². The first-order valence-corrected chi connectivity index (χ1v) is 8.64. The van der Waals surface area contributed by atoms with Crippen LogP contribution in [0.5, 0.6) is 5.75 Å². The SMILES string of the molecule is COc1ccccc1CNc1ncc(C(=O)Nc2cccc(C)c2C)cn1. The molecule has 0 unspecified atom stereocenters. The van der Waals surface area contributed by atoms with Crippen LogP contribution in [-0.2, 0) is 6.54 Å². The number of methoxy groups -OCH3 is 1. The van der Waals surface area contributed by atoms with Gasteiger partial charge in [0.2, 0.25) is 5.95 Å². The summed E-state index contributed by atoms with van der Waals surface area (Å²) in [5.74, 6) is 1.01. The van der Waals surface area contributed by atoms with Gasteiger partial charge in [0.15, 0.2) is 0 Å². The van der Waals surface area contributed by atoms with Gasteiger partial charge < -0.3 is 15.4 Å². The Bertz CT molecular complexity index is 939. The number of hydrogen-bond donors (Lipinski definition) is 2. The molecule has 1 amide bonds. The minimum atomic E-state index is -0.236. The number of amides is 1. The molecule has 0 radical (unpaired) electrons. The van der Waals surface area contributed by atoms with E-state index in [0.29, 0.717) is 18.1 Å². The first kappa shape index (κ1) is 18.4. The number of ether oxygens (including phenoxy) is 1. The van der Waals surface area contributed by atoms with Gasteiger partial charge in [-0.15, -0.1) is 0 Å². The fourth-order valence-corrected chi connectivity index (χ4v) is 2.64. The summed E-state index contributed by atoms with van der Waals surface area (Å²) in [6.07, 6.45) is 3.02. The summed E-state index contributed by atoms with van der Waals surface area (Å²) in [5.41, 5.74) is 4.36. The van der Waals surface area contributed by atoms with Gasteiger partial charge in [-0.1, -0.05) is 30.3 Å². The lowest BCUT2D eigenvalue weighted by Crippen LogP contribution is -2.14. The van der Waals surface area contributed by atoms with Crippen molar-refractivity contribution in [1.82, 2.24) is 9.97 Å². The van der Waals surface area contributed by atoms with Gasteiger partial charge in [0, 0.05) is 30.2 Å². The molecule has 3 rings (SSSR count). The largest absolute Gasteiger partial charge is 0.496 e. The van der Waals surface area contributed by atoms with Crippen LogP contribution in [0.25, 0.3) is 0 Å². The average molecular weight is 362 g/mol. The van der Waals surface area contributed by atoms with Crippen molar-refractivity contribution in [1.29, 1.82) is 0 Å². The van der Waals surface area contributed by atoms with Crippen molar-refractivity contribution in [2.24, 2.45) is 0 Å². The summed E-state index contributed by atoms with van der Waals surface area (Å²) in [4.78, 5) is 20.9. The van der Waals surface area contributed by atoms with E-state index in [-0.39, 0.29) is 5.91 Å². The molecule has 2 N–H and O–H groups in total. The predicted octanol–water partition coefficient (Wildman–Crippen LogP) is 3.97. The van der Waals surface area contributed by atoms with Gasteiger partial charge in [-0.25, -0.2) is 9.97 Å². The van der Waals surface area contributed by atoms with Crippen LogP contribution in [0.2, 0.25) is 0 Å². The van der Waals surface area contributed by atoms with Crippen LogP contribution in [0.15, 0.2) is 54.9 Å². The van der Waals surface area contributed by atoms with Crippen LogP contribution >= 0.6 is 0 Å². The summed E-state index contributed by atoms with van der Waals surface area (Å²) >= 11 is 0. The zero-order valence-electron chi connectivity index (χ0n) is 15.6. The number of nitrogens with one attached hydrogen (secondary N) is 2. The quantitative estimate of drug-likeness (QED) is 0.694. The molecule has 0 aliphatic heterocycles. The average Bonchev–Trinajstić information content (AvgIpc) is 2.70. The Labute approximate surface area is 158 Å². The van der Waals surface area contributed by atoms with Gasteiger partial charge in [-0.05, 0) is 37.1 Å². The maximum Gasteiger partial charge on any atom is 0.258 e. The Morgan fingerprint density at radius 1 is 1.04 bits per heavy atom. The topological polar surface area (TPSA) is 76.1 Å². The van der Waals surface area contributed by atoms with E-state index in [9.17, 15) is 4.79 Å². The minimum Gasteiger partial charge on any atom is -0.496 e. The van der Waals surface area contributed by atoms with E-state index >= 15 is 0 Å². The Balaban J connectivity index is 1.64. The summed E-state index contributed by atoms with van der Waals surface area (Å²) in [7, 11) is 1.64. The Morgan fingerprint density at radius 3 is 2.52 bits per heavy atom. The highest BCUT2D eigenvalue weighted by molar-refractivity contribution is 6.04. The number of rotatable bonds is 6. The monoisotopic (exact) mass is 362 g/mol. The molecular weight excluding hydrogens is 340 g/mol. The van der Waals surface area contributed by atoms with Crippen LogP contribution in [0.1, 0.15) is 27.0 Å². The van der Waals surface area contributed by atoms with Crippen molar-refractivity contribution in [3.05, 3.63) is 77.1 Å². The van der Waals surface area contributed by atoms with E-state index in [0.717, 1.165) is 28.1 Å². The third-order valence-electron chi connectivity index (χ3n) is 4.40. The molecule has 0 aliphatic rings. The standard InChI is InChI=1S/C21H22N4O2/c1-14-7-6-9-18(15(14)2)25-20(26)17-12-23-21(24-13-17)22-11-16-8-4-5-10-19(16)27-3/h4-10,12-13H,11H2,1-3H3,(H,25,26)(H,22,23,24). The van der Waals surface area contributed by atoms with Gasteiger partial charge in [0.1, 0.15) is 5.75 Å². The van der Waals surface area contributed by atoms with Gasteiger partial charge in [-0.2, -0.15) is 0 Å². The lowest BCUT2D eigenvalue weighted by Gasteiger charge is -2.11. The Morgan fingerprint density at radius 2 is 1.78 bits per heavy atom. The second-order valence-corrected chi connectivity index (χ2v) is 6.16. The van der Waals surface area contributed by atoms with E-state index in [2.05, 4.69) is 20.6 Å². The number of hydrogen-bond acceptors (Lipinski definition) is 5. The van der Waals surface area contributed by atoms with Gasteiger partial charge >= 0.3 is 0 Å². The molecule has 2 aromatic carbocycles. The first-order valence-electron chi connectivity index (χ1n) is 8.64. The normalized spacial score (nSPS) is 10.3. The Hall–Kier alpha value is -3.41. The maximum atomic E-state index is 12.4. The highest BCUT2D eigenvalue weighted by Crippen LogP contribution is 2.19. The van der Waals surface area contributed by atoms with E-state index in [1.165, 1.54) is 12.4 Å². The molecule has 3 aromatic rings. The molecule has 0 spiro atoms. The van der Waals surface area contributed by atoms with E-state index in [1.54, 1.807) is 7.11 Å². The van der Waals surface area contributed by atoms with Crippen LogP contribution in [-0.4, -0.2) is 23.0 Å². The molecule has 6 heteroatoms. The highest BCUT2D eigenvalue weighted by atomic mass is 16.5. The predicted molar refractivity (Wildman–Crippen MR) is 106 cm³/mol. The molecule has 1 heterocycles. The molecule has 0 bridgehead atoms. The second kappa shape index (κ2) is 8.31. The van der Waals surface area contributed by atoms with Gasteiger partial charge in [-0.3, -0.25) is 4.79 Å². The molecule has 27 heavy (non-hydrogen) atoms. The molecular formula is C21H22N4O2. The zero-order chi connectivity index (χ0) is 19.2. The fourth-order valence-electron chi connectivity index (χ4n) is 2.64. The molecule has 0 saturated carbocycles. The molecule has 0 aliphatic carbocycles. The molecule has 0 saturated heterocycles. The van der Waals surface area contributed by atoms with E-state index in [4.69, 9.17) is 4.74 Å². The number of carbonyl (C=O) groups is 1. The number of para-hydroxylation sites is 1. The number of nitrogens with zero attached hydrogens (tertiary/aromatic N) is 2. The van der Waals surface area contributed by atoms with Crippen LogP contribution in [0.3, 0.4) is 0 Å². The van der Waals surface area contributed by atoms with Crippen molar-refractivity contribution >= 4 is 17.5 Å². The molecule has 0 fully saturated rings. The van der Waals surface area contributed by atoms with Crippen LogP contribution in [0, 0.1) is 13.8 Å². The van der Waals surface area contributed by atoms with Crippen LogP contribution in [0.4, 0.5) is 11.6 Å². The van der Waals surface area contributed by atoms with Crippen molar-refractivity contribution in [2.75, 3.05) is 17.7 Å². The van der Waals surface area contributed by atoms with E-state index < -0.39 is 0 Å². The summed E-state index contributed by atoms with van der Waals surface area (Å²) in [6.45, 7) is 4.51. The number of benzene rings is 2. The number of aromatic nitrogens is 2. The van der Waals surface area contributed by atoms with Crippen molar-refractivity contribution in [3.63, 3.8) is 0 Å². The fraction of sp³-hybridized carbons (Fsp3) is 0.190. The van der Waals surface area contributed by atoms with E-state index in [1.807, 2.05) is 56.3 Å². The Kier molecular flexibility index (Phi) is 5.66. The maximum absolute atomic E-state index is 12.4. The lowest BCUT2D eigenvalue weighted by molar-refractivity contribution is 0.102. The number of carbonyl (C=O) groups excluding carboxylic acids is 1. The molecule has 0 atom stereocenters. The molecule has 6 nitrogen and oxygen atoms in total. The number of aryl methyl sites for hydroxylation is 1. The highest BCUT2D eigenvalue weighted by Gasteiger charge is 2.10. The first-order chi connectivity index (χ1) is 13.1. The van der Waals surface area contributed by atoms with Crippen molar-refractivity contribution in [3.8, 4) is 5.75 Å². The lowest BCUT2D eigenvalue weighted by atomic mass is 10.1. The summed E-state index contributed by atoms with van der Waals surface area (Å²) in [5, 5.41) is 6.04.